The fraction of sp³-hybridized carbons (Fsp3) is 0.333. The van der Waals surface area contributed by atoms with Crippen LogP contribution in [0.1, 0.15) is 6.42 Å². The Morgan fingerprint density at radius 1 is 1.14 bits per heavy atom. The number of aromatic nitrogens is 4. The smallest absolute Gasteiger partial charge is 0.223 e. The summed E-state index contributed by atoms with van der Waals surface area (Å²) >= 11 is 1.41. The van der Waals surface area contributed by atoms with Gasteiger partial charge in [0, 0.05) is 44.5 Å². The summed E-state index contributed by atoms with van der Waals surface area (Å²) in [6, 6.07) is 9.42. The molecule has 10 heteroatoms. The van der Waals surface area contributed by atoms with Crippen LogP contribution >= 0.6 is 11.8 Å². The predicted octanol–water partition coefficient (Wildman–Crippen LogP) is 1.48. The molecule has 0 atom stereocenters. The zero-order valence-corrected chi connectivity index (χ0v) is 16.1. The SMILES string of the molecule is Nn1c(SCCC(=O)N2CCN(c3ccccn3)CC2)nnc1-c1ccco1. The summed E-state index contributed by atoms with van der Waals surface area (Å²) in [4.78, 5) is 21.0. The van der Waals surface area contributed by atoms with Crippen molar-refractivity contribution < 1.29 is 9.21 Å². The number of nitrogens with zero attached hydrogens (tertiary/aromatic N) is 6. The van der Waals surface area contributed by atoms with Gasteiger partial charge in [-0.3, -0.25) is 4.79 Å². The summed E-state index contributed by atoms with van der Waals surface area (Å²) < 4.78 is 6.68. The van der Waals surface area contributed by atoms with Crippen LogP contribution in [0, 0.1) is 0 Å². The van der Waals surface area contributed by atoms with E-state index in [2.05, 4.69) is 20.1 Å². The van der Waals surface area contributed by atoms with Crippen molar-refractivity contribution in [2.75, 3.05) is 42.7 Å². The Labute approximate surface area is 166 Å². The van der Waals surface area contributed by atoms with Gasteiger partial charge < -0.3 is 20.1 Å². The number of amides is 1. The minimum absolute atomic E-state index is 0.141. The third-order valence-electron chi connectivity index (χ3n) is 4.56. The van der Waals surface area contributed by atoms with Crippen LogP contribution in [0.25, 0.3) is 11.6 Å². The van der Waals surface area contributed by atoms with E-state index in [-0.39, 0.29) is 5.91 Å². The van der Waals surface area contributed by atoms with E-state index < -0.39 is 0 Å². The molecule has 146 valence electrons. The fourth-order valence-electron chi connectivity index (χ4n) is 3.06. The number of nitrogen functional groups attached to an aromatic ring is 1. The Bertz CT molecular complexity index is 905. The van der Waals surface area contributed by atoms with E-state index in [1.807, 2.05) is 23.1 Å². The molecule has 1 amide bonds. The standard InChI is InChI=1S/C18H21N7O2S/c19-25-17(14-4-3-12-27-14)21-22-18(25)28-13-6-16(26)24-10-8-23(9-11-24)15-5-1-2-7-20-15/h1-5,7,12H,6,8-11,13,19H2. The van der Waals surface area contributed by atoms with Crippen molar-refractivity contribution in [3.63, 3.8) is 0 Å². The number of hydrogen-bond acceptors (Lipinski definition) is 8. The molecule has 9 nitrogen and oxygen atoms in total. The topological polar surface area (TPSA) is 106 Å². The summed E-state index contributed by atoms with van der Waals surface area (Å²) in [6.45, 7) is 2.99. The first-order valence-electron chi connectivity index (χ1n) is 9.03. The molecule has 0 spiro atoms. The molecule has 2 N–H and O–H groups in total. The van der Waals surface area contributed by atoms with Gasteiger partial charge in [-0.2, -0.15) is 0 Å². The zero-order chi connectivity index (χ0) is 19.3. The highest BCUT2D eigenvalue weighted by atomic mass is 32.2. The molecule has 0 saturated carbocycles. The molecule has 3 aromatic rings. The summed E-state index contributed by atoms with van der Waals surface area (Å²) in [6.07, 6.45) is 3.78. The number of furan rings is 1. The summed E-state index contributed by atoms with van der Waals surface area (Å²) in [5, 5.41) is 8.68. The number of carbonyl (C=O) groups is 1. The molecule has 0 aliphatic carbocycles. The Hall–Kier alpha value is -3.01. The molecule has 28 heavy (non-hydrogen) atoms. The summed E-state index contributed by atoms with van der Waals surface area (Å²) in [5.74, 6) is 8.74. The molecular formula is C18H21N7O2S. The Kier molecular flexibility index (Phi) is 5.47. The summed E-state index contributed by atoms with van der Waals surface area (Å²) in [5.41, 5.74) is 0. The van der Waals surface area contributed by atoms with Crippen molar-refractivity contribution >= 4 is 23.5 Å². The van der Waals surface area contributed by atoms with Gasteiger partial charge in [-0.1, -0.05) is 17.8 Å². The summed E-state index contributed by atoms with van der Waals surface area (Å²) in [7, 11) is 0. The molecule has 1 saturated heterocycles. The van der Waals surface area contributed by atoms with Crippen LogP contribution in [0.3, 0.4) is 0 Å². The lowest BCUT2D eigenvalue weighted by Gasteiger charge is -2.35. The zero-order valence-electron chi connectivity index (χ0n) is 15.3. The van der Waals surface area contributed by atoms with Crippen LogP contribution in [0.2, 0.25) is 0 Å². The quantitative estimate of drug-likeness (QED) is 0.491. The van der Waals surface area contributed by atoms with E-state index in [4.69, 9.17) is 10.3 Å². The molecule has 3 aromatic heterocycles. The van der Waals surface area contributed by atoms with Gasteiger partial charge in [0.25, 0.3) is 0 Å². The van der Waals surface area contributed by atoms with Crippen LogP contribution in [-0.2, 0) is 4.79 Å². The highest BCUT2D eigenvalue weighted by molar-refractivity contribution is 7.99. The van der Waals surface area contributed by atoms with Crippen LogP contribution in [0.4, 0.5) is 5.82 Å². The first-order chi connectivity index (χ1) is 13.7. The Morgan fingerprint density at radius 3 is 2.71 bits per heavy atom. The average Bonchev–Trinajstić information content (AvgIpc) is 3.39. The van der Waals surface area contributed by atoms with Gasteiger partial charge in [0.2, 0.25) is 16.9 Å². The molecule has 0 bridgehead atoms. The van der Waals surface area contributed by atoms with Crippen LogP contribution in [-0.4, -0.2) is 62.6 Å². The molecule has 1 aliphatic rings. The average molecular weight is 399 g/mol. The first-order valence-corrected chi connectivity index (χ1v) is 10.0. The molecule has 4 heterocycles. The van der Waals surface area contributed by atoms with E-state index >= 15 is 0 Å². The lowest BCUT2D eigenvalue weighted by Crippen LogP contribution is -2.49. The Balaban J connectivity index is 1.24. The van der Waals surface area contributed by atoms with Crippen molar-refractivity contribution in [1.29, 1.82) is 0 Å². The van der Waals surface area contributed by atoms with Gasteiger partial charge in [0.05, 0.1) is 6.26 Å². The van der Waals surface area contributed by atoms with E-state index in [0.29, 0.717) is 42.0 Å². The van der Waals surface area contributed by atoms with Crippen molar-refractivity contribution in [1.82, 2.24) is 24.8 Å². The van der Waals surface area contributed by atoms with E-state index in [9.17, 15) is 4.79 Å². The van der Waals surface area contributed by atoms with Crippen LogP contribution in [0.15, 0.2) is 52.4 Å². The fourth-order valence-corrected chi connectivity index (χ4v) is 3.85. The van der Waals surface area contributed by atoms with Gasteiger partial charge in [-0.15, -0.1) is 10.2 Å². The maximum absolute atomic E-state index is 12.5. The van der Waals surface area contributed by atoms with E-state index in [1.165, 1.54) is 16.4 Å². The second-order valence-electron chi connectivity index (χ2n) is 6.31. The predicted molar refractivity (Wildman–Crippen MR) is 106 cm³/mol. The molecule has 1 aliphatic heterocycles. The third-order valence-corrected chi connectivity index (χ3v) is 5.50. The number of nitrogens with two attached hydrogens (primary N) is 1. The lowest BCUT2D eigenvalue weighted by atomic mass is 10.3. The van der Waals surface area contributed by atoms with Gasteiger partial charge >= 0.3 is 0 Å². The third kappa shape index (κ3) is 3.96. The van der Waals surface area contributed by atoms with Crippen molar-refractivity contribution in [2.24, 2.45) is 0 Å². The second kappa shape index (κ2) is 8.34. The number of piperazine rings is 1. The largest absolute Gasteiger partial charge is 0.461 e. The minimum atomic E-state index is 0.141. The molecular weight excluding hydrogens is 378 g/mol. The van der Waals surface area contributed by atoms with E-state index in [0.717, 1.165) is 18.9 Å². The number of hydrogen-bond donors (Lipinski definition) is 1. The van der Waals surface area contributed by atoms with Crippen molar-refractivity contribution in [3.05, 3.63) is 42.8 Å². The highest BCUT2D eigenvalue weighted by Crippen LogP contribution is 2.22. The van der Waals surface area contributed by atoms with Crippen LogP contribution in [0.5, 0.6) is 0 Å². The van der Waals surface area contributed by atoms with Gasteiger partial charge in [-0.05, 0) is 24.3 Å². The number of pyridine rings is 1. The van der Waals surface area contributed by atoms with E-state index in [1.54, 1.807) is 24.6 Å². The molecule has 1 fully saturated rings. The van der Waals surface area contributed by atoms with Crippen molar-refractivity contribution in [3.8, 4) is 11.6 Å². The maximum Gasteiger partial charge on any atom is 0.223 e. The monoisotopic (exact) mass is 399 g/mol. The van der Waals surface area contributed by atoms with Gasteiger partial charge in [0.1, 0.15) is 5.82 Å². The normalized spacial score (nSPS) is 14.4. The van der Waals surface area contributed by atoms with Crippen LogP contribution < -0.4 is 10.7 Å². The number of thioether (sulfide) groups is 1. The molecule has 0 radical (unpaired) electrons. The Morgan fingerprint density at radius 2 is 2.00 bits per heavy atom. The molecule has 0 aromatic carbocycles. The second-order valence-corrected chi connectivity index (χ2v) is 7.37. The highest BCUT2D eigenvalue weighted by Gasteiger charge is 2.22. The molecule has 4 rings (SSSR count). The first kappa shape index (κ1) is 18.4. The minimum Gasteiger partial charge on any atom is -0.461 e. The maximum atomic E-state index is 12.5. The molecule has 0 unspecified atom stereocenters. The van der Waals surface area contributed by atoms with Gasteiger partial charge in [0.15, 0.2) is 5.76 Å². The van der Waals surface area contributed by atoms with Crippen molar-refractivity contribution in [2.45, 2.75) is 11.6 Å². The number of carbonyl (C=O) groups excluding carboxylic acids is 1. The van der Waals surface area contributed by atoms with Gasteiger partial charge in [-0.25, -0.2) is 9.66 Å². The number of anilines is 1. The number of rotatable bonds is 6. The lowest BCUT2D eigenvalue weighted by molar-refractivity contribution is -0.131.